The maximum absolute atomic E-state index is 6.15. The number of nitrogens with zero attached hydrogens (tertiary/aromatic N) is 2. The van der Waals surface area contributed by atoms with E-state index in [9.17, 15) is 0 Å². The van der Waals surface area contributed by atoms with Crippen molar-refractivity contribution in [2.45, 2.75) is 39.0 Å². The summed E-state index contributed by atoms with van der Waals surface area (Å²) in [4.78, 5) is 11.4. The van der Waals surface area contributed by atoms with Crippen LogP contribution in [0, 0.1) is 0 Å². The summed E-state index contributed by atoms with van der Waals surface area (Å²) in [6.45, 7) is 2.16. The molecule has 1 N–H and O–H groups in total. The lowest BCUT2D eigenvalue weighted by Gasteiger charge is -2.13. The molecule has 1 aliphatic rings. The molecule has 0 saturated heterocycles. The highest BCUT2D eigenvalue weighted by atomic mass is 35.5. The average Bonchev–Trinajstić information content (AvgIpc) is 2.93. The van der Waals surface area contributed by atoms with Gasteiger partial charge >= 0.3 is 0 Å². The predicted molar refractivity (Wildman–Crippen MR) is 98.2 cm³/mol. The number of aromatic nitrogens is 2. The number of rotatable bonds is 3. The van der Waals surface area contributed by atoms with Crippen LogP contribution < -0.4 is 5.32 Å². The summed E-state index contributed by atoms with van der Waals surface area (Å²) in [6, 6.07) is 8.48. The molecule has 118 valence electrons. The Morgan fingerprint density at radius 2 is 1.91 bits per heavy atom. The minimum Gasteiger partial charge on any atom is -0.340 e. The number of aryl methyl sites for hydroxylation is 3. The molecule has 0 saturated carbocycles. The van der Waals surface area contributed by atoms with Gasteiger partial charge in [0.2, 0.25) is 5.28 Å². The lowest BCUT2D eigenvalue weighted by Crippen LogP contribution is -2.01. The van der Waals surface area contributed by atoms with Crippen LogP contribution in [0.2, 0.25) is 5.28 Å². The number of hydrogen-bond donors (Lipinski definition) is 1. The SMILES string of the molecule is CCc1ccc(Nc2nc(Cl)nc3sc4c(c23)CCCC4)cc1. The van der Waals surface area contributed by atoms with Crippen molar-refractivity contribution in [3.8, 4) is 0 Å². The first kappa shape index (κ1) is 14.9. The molecular weight excluding hydrogens is 326 g/mol. The zero-order chi connectivity index (χ0) is 15.8. The molecule has 0 fully saturated rings. The molecule has 0 atom stereocenters. The van der Waals surface area contributed by atoms with Crippen molar-refractivity contribution in [1.82, 2.24) is 9.97 Å². The molecule has 5 heteroatoms. The molecule has 3 nitrogen and oxygen atoms in total. The normalized spacial score (nSPS) is 14.0. The van der Waals surface area contributed by atoms with E-state index in [1.54, 1.807) is 11.3 Å². The summed E-state index contributed by atoms with van der Waals surface area (Å²) in [7, 11) is 0. The Morgan fingerprint density at radius 1 is 1.13 bits per heavy atom. The van der Waals surface area contributed by atoms with Crippen LogP contribution in [-0.4, -0.2) is 9.97 Å². The molecule has 0 amide bonds. The van der Waals surface area contributed by atoms with Crippen LogP contribution in [0.1, 0.15) is 35.8 Å². The Bertz CT molecular complexity index is 855. The fraction of sp³-hybridized carbons (Fsp3) is 0.333. The van der Waals surface area contributed by atoms with E-state index in [0.29, 0.717) is 5.28 Å². The maximum Gasteiger partial charge on any atom is 0.225 e. The van der Waals surface area contributed by atoms with E-state index in [1.807, 2.05) is 0 Å². The first-order valence-corrected chi connectivity index (χ1v) is 9.28. The molecule has 0 aliphatic heterocycles. The molecule has 2 aromatic heterocycles. The Balaban J connectivity index is 1.79. The molecule has 0 unspecified atom stereocenters. The first-order chi connectivity index (χ1) is 11.2. The summed E-state index contributed by atoms with van der Waals surface area (Å²) in [5.74, 6) is 0.837. The van der Waals surface area contributed by atoms with Gasteiger partial charge in [0, 0.05) is 10.6 Å². The number of halogens is 1. The van der Waals surface area contributed by atoms with Crippen molar-refractivity contribution in [3.05, 3.63) is 45.6 Å². The third-order valence-electron chi connectivity index (χ3n) is 4.41. The molecule has 0 radical (unpaired) electrons. The monoisotopic (exact) mass is 343 g/mol. The van der Waals surface area contributed by atoms with Gasteiger partial charge in [0.15, 0.2) is 0 Å². The van der Waals surface area contributed by atoms with Gasteiger partial charge in [-0.25, -0.2) is 4.98 Å². The fourth-order valence-corrected chi connectivity index (χ4v) is 4.66. The molecule has 0 bridgehead atoms. The first-order valence-electron chi connectivity index (χ1n) is 8.08. The molecule has 1 aliphatic carbocycles. The smallest absolute Gasteiger partial charge is 0.225 e. The Labute approximate surface area is 144 Å². The summed E-state index contributed by atoms with van der Waals surface area (Å²) in [6.07, 6.45) is 5.82. The molecule has 3 aromatic rings. The van der Waals surface area contributed by atoms with E-state index in [-0.39, 0.29) is 0 Å². The molecule has 1 aromatic carbocycles. The van der Waals surface area contributed by atoms with Crippen LogP contribution in [0.3, 0.4) is 0 Å². The second-order valence-electron chi connectivity index (χ2n) is 5.91. The lowest BCUT2D eigenvalue weighted by atomic mass is 9.97. The third-order valence-corrected chi connectivity index (χ3v) is 5.77. The van der Waals surface area contributed by atoms with Crippen molar-refractivity contribution < 1.29 is 0 Å². The van der Waals surface area contributed by atoms with Gasteiger partial charge in [0.1, 0.15) is 10.6 Å². The van der Waals surface area contributed by atoms with Crippen LogP contribution in [0.4, 0.5) is 11.5 Å². The van der Waals surface area contributed by atoms with Gasteiger partial charge in [-0.15, -0.1) is 11.3 Å². The Morgan fingerprint density at radius 3 is 2.70 bits per heavy atom. The summed E-state index contributed by atoms with van der Waals surface area (Å²) in [5, 5.41) is 4.92. The average molecular weight is 344 g/mol. The lowest BCUT2D eigenvalue weighted by molar-refractivity contribution is 0.700. The number of hydrogen-bond acceptors (Lipinski definition) is 4. The summed E-state index contributed by atoms with van der Waals surface area (Å²) >= 11 is 7.91. The van der Waals surface area contributed by atoms with Crippen LogP contribution in [-0.2, 0) is 19.3 Å². The van der Waals surface area contributed by atoms with Crippen LogP contribution in [0.5, 0.6) is 0 Å². The molecule has 4 rings (SSSR count). The van der Waals surface area contributed by atoms with E-state index in [1.165, 1.54) is 28.8 Å². The number of benzene rings is 1. The van der Waals surface area contributed by atoms with Gasteiger partial charge in [-0.05, 0) is 67.0 Å². The van der Waals surface area contributed by atoms with Crippen molar-refractivity contribution in [2.24, 2.45) is 0 Å². The van der Waals surface area contributed by atoms with Gasteiger partial charge in [-0.2, -0.15) is 4.98 Å². The molecule has 0 spiro atoms. The fourth-order valence-electron chi connectivity index (χ4n) is 3.18. The van der Waals surface area contributed by atoms with Crippen molar-refractivity contribution in [2.75, 3.05) is 5.32 Å². The van der Waals surface area contributed by atoms with E-state index in [0.717, 1.165) is 41.0 Å². The molecule has 2 heterocycles. The topological polar surface area (TPSA) is 37.8 Å². The van der Waals surface area contributed by atoms with Gasteiger partial charge in [-0.1, -0.05) is 19.1 Å². The van der Waals surface area contributed by atoms with Crippen LogP contribution >= 0.6 is 22.9 Å². The van der Waals surface area contributed by atoms with Crippen molar-refractivity contribution in [1.29, 1.82) is 0 Å². The van der Waals surface area contributed by atoms with E-state index in [4.69, 9.17) is 11.6 Å². The predicted octanol–water partition coefficient (Wildman–Crippen LogP) is 5.53. The third kappa shape index (κ3) is 2.81. The Kier molecular flexibility index (Phi) is 3.95. The highest BCUT2D eigenvalue weighted by Gasteiger charge is 2.21. The second kappa shape index (κ2) is 6.10. The van der Waals surface area contributed by atoms with E-state index < -0.39 is 0 Å². The Hall–Kier alpha value is -1.65. The number of anilines is 2. The van der Waals surface area contributed by atoms with Gasteiger partial charge in [0.05, 0.1) is 5.39 Å². The quantitative estimate of drug-likeness (QED) is 0.635. The summed E-state index contributed by atoms with van der Waals surface area (Å²) < 4.78 is 0. The van der Waals surface area contributed by atoms with Crippen molar-refractivity contribution >= 4 is 44.7 Å². The van der Waals surface area contributed by atoms with Crippen LogP contribution in [0.15, 0.2) is 24.3 Å². The largest absolute Gasteiger partial charge is 0.340 e. The number of nitrogens with one attached hydrogen (secondary N) is 1. The highest BCUT2D eigenvalue weighted by molar-refractivity contribution is 7.19. The highest BCUT2D eigenvalue weighted by Crippen LogP contribution is 2.39. The molecule has 23 heavy (non-hydrogen) atoms. The zero-order valence-electron chi connectivity index (χ0n) is 13.0. The summed E-state index contributed by atoms with van der Waals surface area (Å²) in [5.41, 5.74) is 3.78. The minimum absolute atomic E-state index is 0.309. The number of thiophene rings is 1. The van der Waals surface area contributed by atoms with Crippen molar-refractivity contribution in [3.63, 3.8) is 0 Å². The minimum atomic E-state index is 0.309. The standard InChI is InChI=1S/C18H18ClN3S/c1-2-11-7-9-12(10-8-11)20-16-15-13-5-3-4-6-14(13)23-17(15)22-18(19)21-16/h7-10H,2-6H2,1H3,(H,20,21,22). The van der Waals surface area contributed by atoms with Gasteiger partial charge < -0.3 is 5.32 Å². The number of fused-ring (bicyclic) bond motifs is 3. The second-order valence-corrected chi connectivity index (χ2v) is 7.33. The van der Waals surface area contributed by atoms with E-state index in [2.05, 4.69) is 46.5 Å². The maximum atomic E-state index is 6.15. The van der Waals surface area contributed by atoms with Gasteiger partial charge in [0.25, 0.3) is 0 Å². The van der Waals surface area contributed by atoms with Gasteiger partial charge in [-0.3, -0.25) is 0 Å². The van der Waals surface area contributed by atoms with Crippen LogP contribution in [0.25, 0.3) is 10.2 Å². The molecular formula is C18H18ClN3S. The van der Waals surface area contributed by atoms with E-state index >= 15 is 0 Å². The zero-order valence-corrected chi connectivity index (χ0v) is 14.6.